The highest BCUT2D eigenvalue weighted by atomic mass is 32.2. The maximum Gasteiger partial charge on any atom is 0.268 e. The minimum absolute atomic E-state index is 0.362. The van der Waals surface area contributed by atoms with Gasteiger partial charge in [0.25, 0.3) is 10.1 Å². The number of unbranched alkanes of at least 4 members (excludes halogenated alkanes) is 10. The van der Waals surface area contributed by atoms with E-state index in [-0.39, 0.29) is 5.75 Å². The number of aryl methyl sites for hydroxylation is 2. The van der Waals surface area contributed by atoms with Crippen LogP contribution in [0.5, 0.6) is 5.75 Å². The molecule has 0 aromatic heterocycles. The minimum atomic E-state index is -4.05. The van der Waals surface area contributed by atoms with Crippen LogP contribution in [0.3, 0.4) is 0 Å². The van der Waals surface area contributed by atoms with E-state index in [9.17, 15) is 13.0 Å². The number of benzene rings is 1. The van der Waals surface area contributed by atoms with E-state index in [4.69, 9.17) is 4.74 Å². The lowest BCUT2D eigenvalue weighted by Crippen LogP contribution is -2.26. The Bertz CT molecular complexity index is 685. The zero-order chi connectivity index (χ0) is 23.0. The summed E-state index contributed by atoms with van der Waals surface area (Å²) in [5, 5.41) is 0. The van der Waals surface area contributed by atoms with Crippen molar-refractivity contribution in [2.24, 2.45) is 0 Å². The Morgan fingerprint density at radius 3 is 1.90 bits per heavy atom. The highest BCUT2D eigenvalue weighted by molar-refractivity contribution is 7.85. The summed E-state index contributed by atoms with van der Waals surface area (Å²) >= 11 is 0. The van der Waals surface area contributed by atoms with Gasteiger partial charge in [-0.25, -0.2) is 0 Å². The molecule has 0 aliphatic heterocycles. The summed E-state index contributed by atoms with van der Waals surface area (Å²) in [4.78, 5) is 0. The zero-order valence-corrected chi connectivity index (χ0v) is 21.0. The van der Waals surface area contributed by atoms with Crippen molar-refractivity contribution >= 4 is 10.1 Å². The topological polar surface area (TPSA) is 63.6 Å². The molecule has 0 spiro atoms. The molecule has 1 atom stereocenters. The van der Waals surface area contributed by atoms with Gasteiger partial charge in [0.05, 0.1) is 0 Å². The summed E-state index contributed by atoms with van der Waals surface area (Å²) < 4.78 is 37.9. The molecule has 0 aliphatic rings. The first-order valence-electron chi connectivity index (χ1n) is 12.6. The molecule has 0 radical (unpaired) electrons. The van der Waals surface area contributed by atoms with Gasteiger partial charge >= 0.3 is 0 Å². The van der Waals surface area contributed by atoms with E-state index in [0.717, 1.165) is 25.0 Å². The van der Waals surface area contributed by atoms with Crippen molar-refractivity contribution in [3.63, 3.8) is 0 Å². The van der Waals surface area contributed by atoms with Crippen molar-refractivity contribution in [2.75, 3.05) is 5.75 Å². The quantitative estimate of drug-likeness (QED) is 0.173. The van der Waals surface area contributed by atoms with Gasteiger partial charge in [-0.1, -0.05) is 97.1 Å². The number of ether oxygens (including phenoxy) is 1. The van der Waals surface area contributed by atoms with E-state index in [0.29, 0.717) is 6.42 Å². The fourth-order valence-electron chi connectivity index (χ4n) is 3.95. The van der Waals surface area contributed by atoms with E-state index < -0.39 is 16.2 Å². The van der Waals surface area contributed by atoms with Gasteiger partial charge in [-0.15, -0.1) is 0 Å². The lowest BCUT2D eigenvalue weighted by atomic mass is 9.99. The molecule has 180 valence electrons. The van der Waals surface area contributed by atoms with Gasteiger partial charge in [-0.3, -0.25) is 4.55 Å². The lowest BCUT2D eigenvalue weighted by molar-refractivity contribution is 0.214. The smallest absolute Gasteiger partial charge is 0.268 e. The van der Waals surface area contributed by atoms with Crippen LogP contribution in [0.2, 0.25) is 0 Å². The number of hydrogen-bond acceptors (Lipinski definition) is 3. The van der Waals surface area contributed by atoms with E-state index in [1.807, 2.05) is 13.0 Å². The third-order valence-corrected chi connectivity index (χ3v) is 6.68. The van der Waals surface area contributed by atoms with Gasteiger partial charge in [-0.05, 0) is 49.3 Å². The molecular weight excluding hydrogens is 408 g/mol. The fourth-order valence-corrected chi connectivity index (χ4v) is 4.73. The van der Waals surface area contributed by atoms with Gasteiger partial charge in [-0.2, -0.15) is 8.42 Å². The Balaban J connectivity index is 2.73. The van der Waals surface area contributed by atoms with Crippen molar-refractivity contribution < 1.29 is 17.7 Å². The minimum Gasteiger partial charge on any atom is -0.489 e. The summed E-state index contributed by atoms with van der Waals surface area (Å²) in [5.41, 5.74) is 2.51. The van der Waals surface area contributed by atoms with Crippen molar-refractivity contribution in [1.29, 1.82) is 0 Å². The normalized spacial score (nSPS) is 12.8. The molecule has 0 amide bonds. The largest absolute Gasteiger partial charge is 0.489 e. The molecule has 0 saturated carbocycles. The molecule has 1 aromatic rings. The van der Waals surface area contributed by atoms with Crippen molar-refractivity contribution in [3.8, 4) is 5.75 Å². The predicted octanol–water partition coefficient (Wildman–Crippen LogP) is 7.54. The van der Waals surface area contributed by atoms with Crippen LogP contribution >= 0.6 is 0 Å². The molecule has 1 N–H and O–H groups in total. The van der Waals surface area contributed by atoms with Crippen molar-refractivity contribution in [3.05, 3.63) is 29.3 Å². The van der Waals surface area contributed by atoms with Crippen LogP contribution in [0.15, 0.2) is 18.2 Å². The monoisotopic (exact) mass is 454 g/mol. The predicted molar refractivity (Wildman–Crippen MR) is 132 cm³/mol. The molecular formula is C26H46O4S. The van der Waals surface area contributed by atoms with Crippen LogP contribution in [-0.4, -0.2) is 24.8 Å². The molecule has 0 saturated heterocycles. The summed E-state index contributed by atoms with van der Waals surface area (Å²) in [6.45, 7) is 6.36. The molecule has 1 aromatic carbocycles. The van der Waals surface area contributed by atoms with Crippen molar-refractivity contribution in [2.45, 2.75) is 123 Å². The Hall–Kier alpha value is -1.07. The van der Waals surface area contributed by atoms with Crippen LogP contribution < -0.4 is 4.74 Å². The third kappa shape index (κ3) is 13.8. The van der Waals surface area contributed by atoms with Crippen LogP contribution in [0.25, 0.3) is 0 Å². The van der Waals surface area contributed by atoms with E-state index >= 15 is 0 Å². The second-order valence-corrected chi connectivity index (χ2v) is 10.4. The maximum atomic E-state index is 11.3. The van der Waals surface area contributed by atoms with Gasteiger partial charge < -0.3 is 4.74 Å². The molecule has 4 nitrogen and oxygen atoms in total. The van der Waals surface area contributed by atoms with E-state index in [1.54, 1.807) is 0 Å². The summed E-state index contributed by atoms with van der Waals surface area (Å²) in [5.74, 6) is 0.412. The Morgan fingerprint density at radius 2 is 1.35 bits per heavy atom. The fraction of sp³-hybridized carbons (Fsp3) is 0.769. The first-order valence-corrected chi connectivity index (χ1v) is 14.2. The molecule has 0 aliphatic carbocycles. The van der Waals surface area contributed by atoms with E-state index in [2.05, 4.69) is 26.0 Å². The van der Waals surface area contributed by atoms with Crippen LogP contribution in [0, 0.1) is 0 Å². The average Bonchev–Trinajstić information content (AvgIpc) is 2.73. The van der Waals surface area contributed by atoms with Gasteiger partial charge in [0.15, 0.2) is 0 Å². The third-order valence-electron chi connectivity index (χ3n) is 5.89. The maximum absolute atomic E-state index is 11.3. The average molecular weight is 455 g/mol. The molecule has 31 heavy (non-hydrogen) atoms. The Morgan fingerprint density at radius 1 is 0.806 bits per heavy atom. The summed E-state index contributed by atoms with van der Waals surface area (Å²) in [7, 11) is -4.05. The molecule has 0 bridgehead atoms. The molecule has 1 unspecified atom stereocenters. The molecule has 0 heterocycles. The van der Waals surface area contributed by atoms with Crippen LogP contribution in [0.1, 0.15) is 115 Å². The second-order valence-electron chi connectivity index (χ2n) is 8.87. The number of hydrogen-bond donors (Lipinski definition) is 1. The Labute approximate surface area is 191 Å². The highest BCUT2D eigenvalue weighted by Crippen LogP contribution is 2.26. The van der Waals surface area contributed by atoms with Gasteiger partial charge in [0.1, 0.15) is 17.6 Å². The van der Waals surface area contributed by atoms with Crippen LogP contribution in [-0.2, 0) is 23.0 Å². The standard InChI is InChI=1S/C26H46O4S/c1-4-7-9-11-13-15-17-23-19-20-26(30-25(6-3)22-31(27,28)29)24(21-23)18-16-14-12-10-8-5-2/h19-21,25H,4-18,22H2,1-3H3,(H,27,28,29). The second kappa shape index (κ2) is 16.5. The number of rotatable bonds is 19. The van der Waals surface area contributed by atoms with Gasteiger partial charge in [0, 0.05) is 0 Å². The summed E-state index contributed by atoms with van der Waals surface area (Å²) in [6.07, 6.45) is 17.2. The SMILES string of the molecule is CCCCCCCCc1ccc(OC(CC)CS(=O)(=O)O)c(CCCCCCCC)c1. The van der Waals surface area contributed by atoms with Crippen LogP contribution in [0.4, 0.5) is 0 Å². The zero-order valence-electron chi connectivity index (χ0n) is 20.2. The van der Waals surface area contributed by atoms with E-state index in [1.165, 1.54) is 81.8 Å². The first-order chi connectivity index (χ1) is 14.9. The molecule has 1 rings (SSSR count). The lowest BCUT2D eigenvalue weighted by Gasteiger charge is -2.20. The molecule has 0 fully saturated rings. The van der Waals surface area contributed by atoms with Crippen molar-refractivity contribution in [1.82, 2.24) is 0 Å². The van der Waals surface area contributed by atoms with Gasteiger partial charge in [0.2, 0.25) is 0 Å². The Kier molecular flexibility index (Phi) is 14.9. The highest BCUT2D eigenvalue weighted by Gasteiger charge is 2.18. The summed E-state index contributed by atoms with van der Waals surface area (Å²) in [6, 6.07) is 6.38. The first kappa shape index (κ1) is 28.0. The molecule has 5 heteroatoms.